The van der Waals surface area contributed by atoms with Crippen LogP contribution in [0.1, 0.15) is 33.6 Å². The Hall–Kier alpha value is -1.30. The van der Waals surface area contributed by atoms with Gasteiger partial charge in [-0.2, -0.15) is 0 Å². The molecule has 6 nitrogen and oxygen atoms in total. The SMILES string of the molecule is CN(CC1CC(O)C1)C(=O)N(CC(=O)O)C(C)(C)C. The lowest BCUT2D eigenvalue weighted by atomic mass is 9.82. The molecule has 0 atom stereocenters. The number of hydrogen-bond donors (Lipinski definition) is 2. The zero-order chi connectivity index (χ0) is 14.8. The molecule has 0 radical (unpaired) electrons. The fourth-order valence-corrected chi connectivity index (χ4v) is 2.25. The molecule has 0 spiro atoms. The molecule has 0 heterocycles. The Morgan fingerprint density at radius 1 is 1.26 bits per heavy atom. The largest absolute Gasteiger partial charge is 0.480 e. The van der Waals surface area contributed by atoms with Crippen molar-refractivity contribution in [1.82, 2.24) is 9.80 Å². The average molecular weight is 272 g/mol. The average Bonchev–Trinajstić information content (AvgIpc) is 2.20. The van der Waals surface area contributed by atoms with Gasteiger partial charge in [0.15, 0.2) is 0 Å². The smallest absolute Gasteiger partial charge is 0.323 e. The van der Waals surface area contributed by atoms with Gasteiger partial charge in [-0.25, -0.2) is 4.79 Å². The summed E-state index contributed by atoms with van der Waals surface area (Å²) in [4.78, 5) is 26.1. The highest BCUT2D eigenvalue weighted by Gasteiger charge is 2.34. The van der Waals surface area contributed by atoms with Gasteiger partial charge in [-0.05, 0) is 39.5 Å². The Labute approximate surface area is 114 Å². The van der Waals surface area contributed by atoms with Gasteiger partial charge in [-0.3, -0.25) is 4.79 Å². The number of aliphatic hydroxyl groups is 1. The van der Waals surface area contributed by atoms with Crippen LogP contribution in [0.15, 0.2) is 0 Å². The van der Waals surface area contributed by atoms with Crippen LogP contribution < -0.4 is 0 Å². The molecule has 1 rings (SSSR count). The third-order valence-electron chi connectivity index (χ3n) is 3.40. The lowest BCUT2D eigenvalue weighted by Crippen LogP contribution is -2.54. The zero-order valence-electron chi connectivity index (χ0n) is 12.1. The Morgan fingerprint density at radius 3 is 2.16 bits per heavy atom. The molecule has 1 saturated carbocycles. The van der Waals surface area contributed by atoms with Gasteiger partial charge in [0.05, 0.1) is 6.10 Å². The molecule has 0 aromatic carbocycles. The number of rotatable bonds is 4. The summed E-state index contributed by atoms with van der Waals surface area (Å²) in [6.45, 7) is 5.69. The highest BCUT2D eigenvalue weighted by Crippen LogP contribution is 2.28. The van der Waals surface area contributed by atoms with Gasteiger partial charge >= 0.3 is 12.0 Å². The highest BCUT2D eigenvalue weighted by atomic mass is 16.4. The predicted molar refractivity (Wildman–Crippen MR) is 70.9 cm³/mol. The Morgan fingerprint density at radius 2 is 1.79 bits per heavy atom. The Kier molecular flexibility index (Phi) is 4.79. The molecule has 0 aromatic heterocycles. The summed E-state index contributed by atoms with van der Waals surface area (Å²) in [6.07, 6.45) is 1.18. The standard InChI is InChI=1S/C13H24N2O4/c1-13(2,3)15(8-11(17)18)12(19)14(4)7-9-5-10(16)6-9/h9-10,16H,5-8H2,1-4H3,(H,17,18). The van der Waals surface area contributed by atoms with E-state index in [1.165, 1.54) is 4.90 Å². The molecule has 1 fully saturated rings. The van der Waals surface area contributed by atoms with E-state index in [2.05, 4.69) is 0 Å². The van der Waals surface area contributed by atoms with Crippen molar-refractivity contribution in [2.24, 2.45) is 5.92 Å². The van der Waals surface area contributed by atoms with E-state index in [4.69, 9.17) is 5.11 Å². The quantitative estimate of drug-likeness (QED) is 0.800. The maximum Gasteiger partial charge on any atom is 0.323 e. The van der Waals surface area contributed by atoms with Gasteiger partial charge in [-0.15, -0.1) is 0 Å². The van der Waals surface area contributed by atoms with Gasteiger partial charge in [0.2, 0.25) is 0 Å². The molecule has 0 saturated heterocycles. The fourth-order valence-electron chi connectivity index (χ4n) is 2.25. The van der Waals surface area contributed by atoms with Crippen molar-refractivity contribution < 1.29 is 19.8 Å². The van der Waals surface area contributed by atoms with Crippen LogP contribution in [0.4, 0.5) is 4.79 Å². The molecule has 0 unspecified atom stereocenters. The molecule has 0 aliphatic heterocycles. The molecule has 1 aliphatic rings. The number of amides is 2. The molecular weight excluding hydrogens is 248 g/mol. The van der Waals surface area contributed by atoms with Gasteiger partial charge in [0.1, 0.15) is 6.54 Å². The minimum atomic E-state index is -1.02. The monoisotopic (exact) mass is 272 g/mol. The second-order valence-corrected chi connectivity index (χ2v) is 6.31. The summed E-state index contributed by atoms with van der Waals surface area (Å²) in [6, 6.07) is -0.281. The molecule has 6 heteroatoms. The molecule has 2 amide bonds. The van der Waals surface area contributed by atoms with Crippen molar-refractivity contribution in [3.05, 3.63) is 0 Å². The number of aliphatic carboxylic acids is 1. The first-order valence-corrected chi connectivity index (χ1v) is 6.54. The van der Waals surface area contributed by atoms with Crippen molar-refractivity contribution in [2.45, 2.75) is 45.3 Å². The number of carboxylic acid groups (broad SMARTS) is 1. The zero-order valence-corrected chi connectivity index (χ0v) is 12.1. The van der Waals surface area contributed by atoms with E-state index in [1.807, 2.05) is 20.8 Å². The van der Waals surface area contributed by atoms with Crippen LogP contribution in [-0.4, -0.2) is 63.8 Å². The van der Waals surface area contributed by atoms with E-state index in [0.717, 1.165) is 0 Å². The van der Waals surface area contributed by atoms with Crippen LogP contribution in [0, 0.1) is 5.92 Å². The molecule has 0 aromatic rings. The highest BCUT2D eigenvalue weighted by molar-refractivity contribution is 5.80. The maximum absolute atomic E-state index is 12.3. The number of urea groups is 1. The molecule has 2 N–H and O–H groups in total. The summed E-state index contributed by atoms with van der Waals surface area (Å²) in [5, 5.41) is 18.1. The van der Waals surface area contributed by atoms with E-state index < -0.39 is 11.5 Å². The topological polar surface area (TPSA) is 81.1 Å². The molecule has 0 bridgehead atoms. The number of carboxylic acids is 1. The van der Waals surface area contributed by atoms with E-state index in [0.29, 0.717) is 25.3 Å². The first-order valence-electron chi connectivity index (χ1n) is 6.54. The van der Waals surface area contributed by atoms with Crippen molar-refractivity contribution in [1.29, 1.82) is 0 Å². The molecular formula is C13H24N2O4. The number of hydrogen-bond acceptors (Lipinski definition) is 3. The van der Waals surface area contributed by atoms with Crippen molar-refractivity contribution in [2.75, 3.05) is 20.1 Å². The normalized spacial score (nSPS) is 22.6. The second-order valence-electron chi connectivity index (χ2n) is 6.31. The first kappa shape index (κ1) is 15.8. The third kappa shape index (κ3) is 4.38. The summed E-state index contributed by atoms with van der Waals surface area (Å²) in [5.74, 6) is -0.702. The van der Waals surface area contributed by atoms with Crippen LogP contribution in [0.3, 0.4) is 0 Å². The summed E-state index contributed by atoms with van der Waals surface area (Å²) >= 11 is 0. The molecule has 19 heavy (non-hydrogen) atoms. The van der Waals surface area contributed by atoms with Crippen molar-refractivity contribution in [3.63, 3.8) is 0 Å². The third-order valence-corrected chi connectivity index (χ3v) is 3.40. The summed E-state index contributed by atoms with van der Waals surface area (Å²) in [7, 11) is 1.67. The van der Waals surface area contributed by atoms with Gasteiger partial charge < -0.3 is 20.0 Å². The predicted octanol–water partition coefficient (Wildman–Crippen LogP) is 0.994. The van der Waals surface area contributed by atoms with Crippen LogP contribution >= 0.6 is 0 Å². The van der Waals surface area contributed by atoms with Gasteiger partial charge in [0, 0.05) is 19.1 Å². The van der Waals surface area contributed by atoms with Crippen molar-refractivity contribution in [3.8, 4) is 0 Å². The van der Waals surface area contributed by atoms with E-state index >= 15 is 0 Å². The Balaban J connectivity index is 2.62. The lowest BCUT2D eigenvalue weighted by Gasteiger charge is -2.40. The summed E-state index contributed by atoms with van der Waals surface area (Å²) in [5.41, 5.74) is -0.539. The van der Waals surface area contributed by atoms with Gasteiger partial charge in [-0.1, -0.05) is 0 Å². The summed E-state index contributed by atoms with van der Waals surface area (Å²) < 4.78 is 0. The molecule has 1 aliphatic carbocycles. The van der Waals surface area contributed by atoms with Crippen LogP contribution in [-0.2, 0) is 4.79 Å². The second kappa shape index (κ2) is 5.77. The first-order chi connectivity index (χ1) is 8.61. The number of carbonyl (C=O) groups excluding carboxylic acids is 1. The van der Waals surface area contributed by atoms with E-state index in [-0.39, 0.29) is 18.7 Å². The Bertz CT molecular complexity index is 345. The minimum Gasteiger partial charge on any atom is -0.480 e. The minimum absolute atomic E-state index is 0.244. The van der Waals surface area contributed by atoms with E-state index in [1.54, 1.807) is 11.9 Å². The molecule has 110 valence electrons. The van der Waals surface area contributed by atoms with Crippen molar-refractivity contribution >= 4 is 12.0 Å². The lowest BCUT2D eigenvalue weighted by molar-refractivity contribution is -0.138. The number of aliphatic hydroxyl groups excluding tert-OH is 1. The van der Waals surface area contributed by atoms with E-state index in [9.17, 15) is 14.7 Å². The van der Waals surface area contributed by atoms with Crippen LogP contribution in [0.25, 0.3) is 0 Å². The maximum atomic E-state index is 12.3. The van der Waals surface area contributed by atoms with Gasteiger partial charge in [0.25, 0.3) is 0 Å². The van der Waals surface area contributed by atoms with Crippen LogP contribution in [0.2, 0.25) is 0 Å². The number of carbonyl (C=O) groups is 2. The van der Waals surface area contributed by atoms with Crippen LogP contribution in [0.5, 0.6) is 0 Å². The number of nitrogens with zero attached hydrogens (tertiary/aromatic N) is 2. The fraction of sp³-hybridized carbons (Fsp3) is 0.846.